The Hall–Kier alpha value is -0.740. The molecule has 0 saturated heterocycles. The molecular weight excluding hydrogens is 222 g/mol. The highest BCUT2D eigenvalue weighted by Crippen LogP contribution is 2.40. The minimum atomic E-state index is -0.122. The number of phenolic OH excluding ortho intramolecular Hbond substituents is 1. The molecule has 0 saturated carbocycles. The molecule has 0 spiro atoms. The zero-order valence-electron chi connectivity index (χ0n) is 6.25. The summed E-state index contributed by atoms with van der Waals surface area (Å²) in [6.07, 6.45) is 0. The second-order valence-electron chi connectivity index (χ2n) is 2.76. The highest BCUT2D eigenvalue weighted by atomic mass is 79.9. The molecule has 1 aromatic rings. The fraction of sp³-hybridized carbons (Fsp3) is 0.250. The average Bonchev–Trinajstić information content (AvgIpc) is 2.33. The molecule has 4 heteroatoms. The number of phenols is 1. The third-order valence-corrected chi connectivity index (χ3v) is 2.45. The fourth-order valence-electron chi connectivity index (χ4n) is 1.29. The van der Waals surface area contributed by atoms with Crippen LogP contribution in [0.25, 0.3) is 0 Å². The molecule has 0 bridgehead atoms. The molecule has 2 rings (SSSR count). The van der Waals surface area contributed by atoms with Crippen LogP contribution in [-0.2, 0) is 0 Å². The van der Waals surface area contributed by atoms with Crippen LogP contribution < -0.4 is 10.5 Å². The largest absolute Gasteiger partial charge is 0.508 e. The van der Waals surface area contributed by atoms with Gasteiger partial charge in [0.05, 0.1) is 10.5 Å². The number of fused-ring (bicyclic) bond motifs is 1. The molecule has 64 valence electrons. The molecule has 3 nitrogen and oxygen atoms in total. The molecule has 0 fully saturated rings. The minimum absolute atomic E-state index is 0.122. The lowest BCUT2D eigenvalue weighted by Gasteiger charge is -2.03. The summed E-state index contributed by atoms with van der Waals surface area (Å²) < 4.78 is 6.07. The van der Waals surface area contributed by atoms with E-state index in [2.05, 4.69) is 15.9 Å². The number of halogens is 1. The van der Waals surface area contributed by atoms with Crippen LogP contribution in [0.4, 0.5) is 0 Å². The van der Waals surface area contributed by atoms with Gasteiger partial charge in [-0.05, 0) is 28.1 Å². The third-order valence-electron chi connectivity index (χ3n) is 1.86. The van der Waals surface area contributed by atoms with Crippen LogP contribution in [0.1, 0.15) is 11.6 Å². The average molecular weight is 230 g/mol. The predicted octanol–water partition coefficient (Wildman–Crippen LogP) is 1.55. The van der Waals surface area contributed by atoms with Crippen molar-refractivity contribution in [3.8, 4) is 11.5 Å². The summed E-state index contributed by atoms with van der Waals surface area (Å²) >= 11 is 3.29. The van der Waals surface area contributed by atoms with Crippen molar-refractivity contribution in [3.05, 3.63) is 22.2 Å². The summed E-state index contributed by atoms with van der Waals surface area (Å²) in [5, 5.41) is 9.25. The molecule has 1 atom stereocenters. The maximum absolute atomic E-state index is 9.25. The number of hydrogen-bond donors (Lipinski definition) is 2. The first-order valence-corrected chi connectivity index (χ1v) is 4.38. The van der Waals surface area contributed by atoms with Gasteiger partial charge in [0.25, 0.3) is 0 Å². The van der Waals surface area contributed by atoms with E-state index in [9.17, 15) is 5.11 Å². The molecule has 12 heavy (non-hydrogen) atoms. The van der Waals surface area contributed by atoms with E-state index >= 15 is 0 Å². The predicted molar refractivity (Wildman–Crippen MR) is 48.2 cm³/mol. The smallest absolute Gasteiger partial charge is 0.138 e. The van der Waals surface area contributed by atoms with Crippen LogP contribution in [0.5, 0.6) is 11.5 Å². The number of aromatic hydroxyl groups is 1. The molecule has 0 unspecified atom stereocenters. The van der Waals surface area contributed by atoms with E-state index in [1.807, 2.05) is 0 Å². The second-order valence-corrected chi connectivity index (χ2v) is 3.62. The topological polar surface area (TPSA) is 55.5 Å². The molecule has 1 heterocycles. The molecule has 1 aromatic carbocycles. The van der Waals surface area contributed by atoms with Crippen molar-refractivity contribution in [1.29, 1.82) is 0 Å². The van der Waals surface area contributed by atoms with Crippen molar-refractivity contribution < 1.29 is 9.84 Å². The van der Waals surface area contributed by atoms with Crippen LogP contribution >= 0.6 is 15.9 Å². The van der Waals surface area contributed by atoms with Gasteiger partial charge in [0.2, 0.25) is 0 Å². The van der Waals surface area contributed by atoms with Crippen LogP contribution in [0.2, 0.25) is 0 Å². The van der Waals surface area contributed by atoms with E-state index in [1.165, 1.54) is 0 Å². The Morgan fingerprint density at radius 3 is 3.08 bits per heavy atom. The molecule has 1 aliphatic heterocycles. The zero-order valence-corrected chi connectivity index (χ0v) is 7.84. The highest BCUT2D eigenvalue weighted by Gasteiger charge is 2.23. The molecule has 0 radical (unpaired) electrons. The van der Waals surface area contributed by atoms with Crippen LogP contribution in [0.15, 0.2) is 16.6 Å². The normalized spacial score (nSPS) is 20.3. The van der Waals surface area contributed by atoms with Gasteiger partial charge in [-0.1, -0.05) is 0 Å². The zero-order chi connectivity index (χ0) is 8.72. The van der Waals surface area contributed by atoms with Gasteiger partial charge in [-0.25, -0.2) is 0 Å². The Labute approximate surface area is 78.3 Å². The molecular formula is C8H8BrNO2. The lowest BCUT2D eigenvalue weighted by atomic mass is 10.1. The maximum atomic E-state index is 9.25. The summed E-state index contributed by atoms with van der Waals surface area (Å²) in [6, 6.07) is 3.11. The van der Waals surface area contributed by atoms with Crippen molar-refractivity contribution in [2.75, 3.05) is 6.61 Å². The molecule has 0 aromatic heterocycles. The number of ether oxygens (including phenoxy) is 1. The Morgan fingerprint density at radius 1 is 1.58 bits per heavy atom. The first-order chi connectivity index (χ1) is 5.68. The van der Waals surface area contributed by atoms with Gasteiger partial charge >= 0.3 is 0 Å². The van der Waals surface area contributed by atoms with Crippen LogP contribution in [0, 0.1) is 0 Å². The Morgan fingerprint density at radius 2 is 2.33 bits per heavy atom. The van der Waals surface area contributed by atoms with E-state index in [1.54, 1.807) is 12.1 Å². The lowest BCUT2D eigenvalue weighted by molar-refractivity contribution is 0.331. The summed E-state index contributed by atoms with van der Waals surface area (Å²) in [6.45, 7) is 0.484. The molecule has 0 amide bonds. The molecule has 0 aliphatic carbocycles. The van der Waals surface area contributed by atoms with E-state index in [0.29, 0.717) is 6.61 Å². The van der Waals surface area contributed by atoms with Crippen molar-refractivity contribution in [2.24, 2.45) is 5.73 Å². The van der Waals surface area contributed by atoms with Gasteiger partial charge in [-0.3, -0.25) is 0 Å². The summed E-state index contributed by atoms with van der Waals surface area (Å²) in [5.41, 5.74) is 6.59. The van der Waals surface area contributed by atoms with Crippen LogP contribution in [0.3, 0.4) is 0 Å². The van der Waals surface area contributed by atoms with Gasteiger partial charge in [-0.15, -0.1) is 0 Å². The van der Waals surface area contributed by atoms with E-state index < -0.39 is 0 Å². The van der Waals surface area contributed by atoms with E-state index in [0.717, 1.165) is 15.8 Å². The first kappa shape index (κ1) is 7.89. The summed E-state index contributed by atoms with van der Waals surface area (Å²) in [4.78, 5) is 0. The quantitative estimate of drug-likeness (QED) is 0.710. The number of rotatable bonds is 0. The lowest BCUT2D eigenvalue weighted by Crippen LogP contribution is -2.10. The van der Waals surface area contributed by atoms with Gasteiger partial charge in [0, 0.05) is 5.56 Å². The first-order valence-electron chi connectivity index (χ1n) is 3.59. The molecule has 3 N–H and O–H groups in total. The van der Waals surface area contributed by atoms with Gasteiger partial charge < -0.3 is 15.6 Å². The monoisotopic (exact) mass is 229 g/mol. The Bertz CT molecular complexity index is 327. The second kappa shape index (κ2) is 2.64. The minimum Gasteiger partial charge on any atom is -0.508 e. The maximum Gasteiger partial charge on any atom is 0.138 e. The van der Waals surface area contributed by atoms with E-state index in [4.69, 9.17) is 10.5 Å². The Kier molecular flexibility index (Phi) is 1.73. The van der Waals surface area contributed by atoms with Crippen molar-refractivity contribution in [1.82, 2.24) is 0 Å². The SMILES string of the molecule is N[C@H]1COc2c(Br)cc(O)cc21. The summed E-state index contributed by atoms with van der Waals surface area (Å²) in [7, 11) is 0. The van der Waals surface area contributed by atoms with Crippen molar-refractivity contribution in [2.45, 2.75) is 6.04 Å². The highest BCUT2D eigenvalue weighted by molar-refractivity contribution is 9.10. The fourth-order valence-corrected chi connectivity index (χ4v) is 1.87. The molecule has 1 aliphatic rings. The summed E-state index contributed by atoms with van der Waals surface area (Å²) in [5.74, 6) is 0.960. The van der Waals surface area contributed by atoms with Crippen LogP contribution in [-0.4, -0.2) is 11.7 Å². The van der Waals surface area contributed by atoms with Gasteiger partial charge in [0.15, 0.2) is 0 Å². The number of benzene rings is 1. The standard InChI is InChI=1S/C8H8BrNO2/c9-6-2-4(11)1-5-7(10)3-12-8(5)6/h1-2,7,11H,3,10H2/t7-/m0/s1. The Balaban J connectivity index is 2.60. The van der Waals surface area contributed by atoms with Crippen molar-refractivity contribution >= 4 is 15.9 Å². The van der Waals surface area contributed by atoms with Gasteiger partial charge in [0.1, 0.15) is 18.1 Å². The van der Waals surface area contributed by atoms with Crippen molar-refractivity contribution in [3.63, 3.8) is 0 Å². The van der Waals surface area contributed by atoms with Gasteiger partial charge in [-0.2, -0.15) is 0 Å². The third kappa shape index (κ3) is 1.07. The number of hydrogen-bond acceptors (Lipinski definition) is 3. The van der Waals surface area contributed by atoms with E-state index in [-0.39, 0.29) is 11.8 Å². The number of nitrogens with two attached hydrogens (primary N) is 1.